The van der Waals surface area contributed by atoms with Crippen molar-refractivity contribution >= 4 is 34.7 Å². The average Bonchev–Trinajstić information content (AvgIpc) is 2.71. The van der Waals surface area contributed by atoms with Crippen LogP contribution in [-0.4, -0.2) is 31.2 Å². The first-order valence-corrected chi connectivity index (χ1v) is 11.3. The summed E-state index contributed by atoms with van der Waals surface area (Å²) in [7, 11) is 0. The highest BCUT2D eigenvalue weighted by Crippen LogP contribution is 2.39. The topological polar surface area (TPSA) is 110 Å². The molecular formula is C21H23ClF4N4O3S. The Labute approximate surface area is 201 Å². The molecule has 0 aliphatic carbocycles. The molecule has 1 heterocycles. The van der Waals surface area contributed by atoms with E-state index in [9.17, 15) is 32.1 Å². The molecule has 0 saturated heterocycles. The normalized spacial score (nSPS) is 15.5. The van der Waals surface area contributed by atoms with Gasteiger partial charge in [0.2, 0.25) is 5.91 Å². The van der Waals surface area contributed by atoms with E-state index in [-0.39, 0.29) is 22.1 Å². The van der Waals surface area contributed by atoms with Crippen LogP contribution in [0.4, 0.5) is 17.6 Å². The Morgan fingerprint density at radius 3 is 2.29 bits per heavy atom. The lowest BCUT2D eigenvalue weighted by molar-refractivity contribution is -0.137. The molecule has 34 heavy (non-hydrogen) atoms. The highest BCUT2D eigenvalue weighted by atomic mass is 35.5. The number of amides is 1. The number of carbonyl (C=O) groups excluding carboxylic acids is 1. The summed E-state index contributed by atoms with van der Waals surface area (Å²) in [5.74, 6) is -2.24. The van der Waals surface area contributed by atoms with Crippen LogP contribution in [0.5, 0.6) is 0 Å². The number of pyridine rings is 1. The molecule has 7 nitrogen and oxygen atoms in total. The highest BCUT2D eigenvalue weighted by molar-refractivity contribution is 7.90. The number of nitrogens with one attached hydrogen (secondary N) is 2. The molecular weight excluding hydrogens is 500 g/mol. The minimum Gasteiger partial charge on any atom is -0.598 e. The fourth-order valence-corrected chi connectivity index (χ4v) is 4.02. The van der Waals surface area contributed by atoms with Crippen LogP contribution < -0.4 is 10.0 Å². The van der Waals surface area contributed by atoms with Crippen molar-refractivity contribution in [3.63, 3.8) is 0 Å². The van der Waals surface area contributed by atoms with Crippen LogP contribution in [-0.2, 0) is 27.9 Å². The number of halogens is 5. The van der Waals surface area contributed by atoms with E-state index in [0.717, 1.165) is 13.0 Å². The molecule has 2 atom stereocenters. The zero-order valence-corrected chi connectivity index (χ0v) is 20.2. The Kier molecular flexibility index (Phi) is 8.57. The molecule has 13 heteroatoms. The summed E-state index contributed by atoms with van der Waals surface area (Å²) in [4.78, 5) is 15.8. The van der Waals surface area contributed by atoms with Gasteiger partial charge in [0.05, 0.1) is 16.3 Å². The lowest BCUT2D eigenvalue weighted by atomic mass is 9.82. The summed E-state index contributed by atoms with van der Waals surface area (Å²) >= 11 is 3.97. The number of oxime groups is 1. The van der Waals surface area contributed by atoms with Crippen molar-refractivity contribution in [3.05, 3.63) is 64.2 Å². The largest absolute Gasteiger partial charge is 0.598 e. The van der Waals surface area contributed by atoms with Crippen LogP contribution in [0, 0.1) is 5.82 Å². The van der Waals surface area contributed by atoms with Gasteiger partial charge in [-0.1, -0.05) is 16.8 Å². The molecule has 0 radical (unpaired) electrons. The maximum Gasteiger partial charge on any atom is 0.416 e. The van der Waals surface area contributed by atoms with Gasteiger partial charge in [-0.2, -0.15) is 13.2 Å². The summed E-state index contributed by atoms with van der Waals surface area (Å²) in [6.07, 6.45) is -4.25. The van der Waals surface area contributed by atoms with Crippen LogP contribution in [0.15, 0.2) is 41.7 Å². The number of alkyl halides is 3. The summed E-state index contributed by atoms with van der Waals surface area (Å²) in [6.45, 7) is 5.95. The lowest BCUT2D eigenvalue weighted by Crippen LogP contribution is -2.54. The molecule has 0 aliphatic heterocycles. The van der Waals surface area contributed by atoms with E-state index in [2.05, 4.69) is 20.2 Å². The van der Waals surface area contributed by atoms with E-state index < -0.39 is 51.5 Å². The fraction of sp³-hybridized carbons (Fsp3) is 0.381. The molecule has 1 aromatic carbocycles. The van der Waals surface area contributed by atoms with E-state index in [0.29, 0.717) is 12.1 Å². The maximum atomic E-state index is 14.5. The first kappa shape index (κ1) is 27.8. The molecule has 1 aromatic heterocycles. The Hall–Kier alpha value is -2.41. The predicted octanol–water partition coefficient (Wildman–Crippen LogP) is 4.50. The van der Waals surface area contributed by atoms with Gasteiger partial charge in [0, 0.05) is 30.9 Å². The Balaban J connectivity index is 2.90. The number of benzene rings is 1. The van der Waals surface area contributed by atoms with Gasteiger partial charge in [-0.15, -0.1) is 4.72 Å². The van der Waals surface area contributed by atoms with Crippen molar-refractivity contribution in [2.45, 2.75) is 50.6 Å². The third-order valence-corrected chi connectivity index (χ3v) is 6.45. The molecule has 0 bridgehead atoms. The molecule has 0 fully saturated rings. The zero-order valence-electron chi connectivity index (χ0n) is 18.6. The van der Waals surface area contributed by atoms with Crippen molar-refractivity contribution in [2.24, 2.45) is 5.16 Å². The molecule has 186 valence electrons. The van der Waals surface area contributed by atoms with Crippen molar-refractivity contribution in [1.82, 2.24) is 15.0 Å². The number of hydrogen-bond donors (Lipinski definition) is 3. The van der Waals surface area contributed by atoms with Gasteiger partial charge in [-0.25, -0.2) is 4.39 Å². The third-order valence-electron chi connectivity index (χ3n) is 4.58. The van der Waals surface area contributed by atoms with E-state index in [1.54, 1.807) is 20.8 Å². The Morgan fingerprint density at radius 1 is 1.21 bits per heavy atom. The van der Waals surface area contributed by atoms with Gasteiger partial charge >= 0.3 is 6.18 Å². The quantitative estimate of drug-likeness (QED) is 0.129. The smallest absolute Gasteiger partial charge is 0.416 e. The van der Waals surface area contributed by atoms with Gasteiger partial charge in [0.15, 0.2) is 5.84 Å². The zero-order chi connectivity index (χ0) is 25.9. The first-order valence-electron chi connectivity index (χ1n) is 9.77. The second kappa shape index (κ2) is 10.5. The van der Waals surface area contributed by atoms with Crippen LogP contribution in [0.3, 0.4) is 0 Å². The summed E-state index contributed by atoms with van der Waals surface area (Å²) in [5.41, 5.74) is -3.58. The van der Waals surface area contributed by atoms with Crippen molar-refractivity contribution < 1.29 is 32.1 Å². The van der Waals surface area contributed by atoms with Crippen LogP contribution >= 0.6 is 11.6 Å². The molecule has 3 N–H and O–H groups in total. The Morgan fingerprint density at radius 2 is 1.82 bits per heavy atom. The van der Waals surface area contributed by atoms with Crippen molar-refractivity contribution in [2.75, 3.05) is 0 Å². The monoisotopic (exact) mass is 522 g/mol. The number of carbonyl (C=O) groups is 1. The third kappa shape index (κ3) is 6.81. The lowest BCUT2D eigenvalue weighted by Gasteiger charge is -2.38. The molecule has 2 rings (SSSR count). The van der Waals surface area contributed by atoms with Gasteiger partial charge in [0.1, 0.15) is 16.1 Å². The summed E-state index contributed by atoms with van der Waals surface area (Å²) < 4.78 is 70.1. The van der Waals surface area contributed by atoms with Gasteiger partial charge in [-0.3, -0.25) is 9.78 Å². The summed E-state index contributed by atoms with van der Waals surface area (Å²) in [5, 5.41) is 15.0. The van der Waals surface area contributed by atoms with Crippen LogP contribution in [0.25, 0.3) is 0 Å². The molecule has 1 unspecified atom stereocenters. The maximum absolute atomic E-state index is 14.5. The molecule has 0 saturated carbocycles. The van der Waals surface area contributed by atoms with E-state index in [1.165, 1.54) is 18.3 Å². The number of amidine groups is 1. The standard InChI is InChI=1S/C21H23ClF4N4O3S/c1-12(31)28-18(29-32)10-20(30-34(33)19(2,3)4,17-6-5-15(22)11-27-17)13-7-14(21(24,25)26)9-16(23)8-13/h5-9,11,30,32H,10H2,1-4H3,(H,28,29,31)/t20-,34?/m1/s1. The van der Waals surface area contributed by atoms with Gasteiger partial charge < -0.3 is 15.1 Å². The molecule has 0 spiro atoms. The molecule has 1 amide bonds. The number of rotatable bonds is 6. The van der Waals surface area contributed by atoms with E-state index >= 15 is 0 Å². The van der Waals surface area contributed by atoms with Gasteiger partial charge in [-0.05, 0) is 56.7 Å². The minimum absolute atomic E-state index is 0.0141. The van der Waals surface area contributed by atoms with Crippen molar-refractivity contribution in [1.29, 1.82) is 0 Å². The molecule has 2 aromatic rings. The number of hydrogen-bond acceptors (Lipinski definition) is 6. The SMILES string of the molecule is CC(=O)N/C(C[C@@](N[S+]([O-])C(C)(C)C)(c1cc(F)cc(C(F)(F)F)c1)c1ccc(Cl)cn1)=N\O. The second-order valence-electron chi connectivity index (χ2n) is 8.38. The van der Waals surface area contributed by atoms with Gasteiger partial charge in [0.25, 0.3) is 0 Å². The second-order valence-corrected chi connectivity index (χ2v) is 10.8. The number of aromatic nitrogens is 1. The summed E-state index contributed by atoms with van der Waals surface area (Å²) in [6, 6.07) is 4.55. The first-order chi connectivity index (χ1) is 15.6. The number of nitrogens with zero attached hydrogens (tertiary/aromatic N) is 2. The van der Waals surface area contributed by atoms with Crippen LogP contribution in [0.1, 0.15) is 50.9 Å². The van der Waals surface area contributed by atoms with Crippen molar-refractivity contribution in [3.8, 4) is 0 Å². The van der Waals surface area contributed by atoms with E-state index in [4.69, 9.17) is 11.6 Å². The Bertz CT molecular complexity index is 1060. The average molecular weight is 523 g/mol. The predicted molar refractivity (Wildman–Crippen MR) is 120 cm³/mol. The minimum atomic E-state index is -4.90. The highest BCUT2D eigenvalue weighted by Gasteiger charge is 2.46. The molecule has 0 aliphatic rings. The fourth-order valence-electron chi connectivity index (χ4n) is 2.99. The van der Waals surface area contributed by atoms with E-state index in [1.807, 2.05) is 0 Å². The van der Waals surface area contributed by atoms with Crippen LogP contribution in [0.2, 0.25) is 5.02 Å².